The van der Waals surface area contributed by atoms with E-state index < -0.39 is 17.6 Å². The zero-order chi connectivity index (χ0) is 77.7. The summed E-state index contributed by atoms with van der Waals surface area (Å²) in [6.07, 6.45) is 47.4. The number of rotatable bonds is 18. The predicted octanol–water partition coefficient (Wildman–Crippen LogP) is 11.8. The molecule has 8 N–H and O–H groups in total. The number of ether oxygens (including phenoxy) is 2. The Bertz CT molecular complexity index is 6110. The van der Waals surface area contributed by atoms with Gasteiger partial charge in [-0.1, -0.05) is 47.5 Å². The van der Waals surface area contributed by atoms with E-state index >= 15 is 0 Å². The molecule has 27 nitrogen and oxygen atoms in total. The van der Waals surface area contributed by atoms with Crippen molar-refractivity contribution in [2.45, 2.75) is 114 Å². The number of aromatic nitrogens is 16. The van der Waals surface area contributed by atoms with E-state index in [9.17, 15) is 28.0 Å². The van der Waals surface area contributed by atoms with Crippen molar-refractivity contribution in [1.29, 1.82) is 0 Å². The van der Waals surface area contributed by atoms with Crippen molar-refractivity contribution < 1.29 is 72.4 Å². The monoisotopic (exact) mass is 1650 g/mol. The number of hydrogen-bond acceptors (Lipinski definition) is 14. The maximum atomic E-state index is 14.4. The Labute approximate surface area is 695 Å². The quantitative estimate of drug-likeness (QED) is 0.0352. The van der Waals surface area contributed by atoms with Crippen molar-refractivity contribution in [2.75, 3.05) is 14.2 Å². The smallest absolute Gasteiger partial charge is 0.870 e. The molecule has 0 radical (unpaired) electrons. The molecule has 0 saturated heterocycles. The Morgan fingerprint density at radius 3 is 1.25 bits per heavy atom. The van der Waals surface area contributed by atoms with E-state index in [4.69, 9.17) is 50.4 Å². The van der Waals surface area contributed by atoms with Gasteiger partial charge < -0.3 is 81.7 Å². The van der Waals surface area contributed by atoms with Crippen molar-refractivity contribution in [3.8, 4) is 0 Å². The molecule has 596 valence electrons. The van der Waals surface area contributed by atoms with Crippen molar-refractivity contribution in [3.63, 3.8) is 0 Å². The third-order valence-corrected chi connectivity index (χ3v) is 20.5. The third kappa shape index (κ3) is 20.5. The molecule has 0 aromatic carbocycles. The molecule has 16 aromatic heterocycles. The van der Waals surface area contributed by atoms with Crippen LogP contribution in [-0.4, -0.2) is 129 Å². The molecule has 0 bridgehead atoms. The van der Waals surface area contributed by atoms with Crippen LogP contribution in [0.25, 0.3) is 33.6 Å². The first-order valence-electron chi connectivity index (χ1n) is 36.4. The van der Waals surface area contributed by atoms with Crippen LogP contribution in [-0.2, 0) is 48.1 Å². The molecule has 4 saturated carbocycles. The number of nitrogens with two attached hydrogens (primary N) is 1. The first-order valence-corrected chi connectivity index (χ1v) is 37.7. The number of hydrogen-bond donors (Lipinski definition) is 4. The molecular formula is C82H81Cl4F2LiN18O9. The van der Waals surface area contributed by atoms with E-state index in [1.165, 1.54) is 113 Å². The predicted molar refractivity (Wildman–Crippen MR) is 431 cm³/mol. The number of aromatic carboxylic acids is 1. The first kappa shape index (κ1) is 85.5. The van der Waals surface area contributed by atoms with Crippen molar-refractivity contribution in [3.05, 3.63) is 309 Å². The zero-order valence-electron chi connectivity index (χ0n) is 63.3. The standard InChI is InChI=1S/C24H20ClFN6O.C17H17N3O2.C16H15N3O2.C11H11ClN2.C8H7ClFN3.C6H7NO2.ClH.Li.2H2O/c25-19-6-8-31-14-28-20(23(31)22(19)26)9-27-24(33)17-5-7-30(10-17)12-18-13-32-11-16(15-1-2-15)3-4-21(32)29-18;1-22-17(21)14-6-7-19(8-14)10-15-11-20-9-13(12-2-3-12)4-5-16(20)18-15;20-16(21)13-5-6-18(7-13)9-14-10-19-8-12(11-1-2-11)3-4-15(19)17-14;12-5-10-7-14-6-9(8-1-2-8)3-4-11(14)13-10;9-5-1-2-13-4-12-6(3-11)8(13)7(5)10;1-9-6(8)5-2-3-7-4-5;;;;/h3-8,10-11,13-15H,1-2,9,12H2,(H,27,33);4-9,11-12H,2-3,10H2,1H3;3-8,10-11H,1-2,9H2,(H,20,21);3-4,6-8H,1-2,5H2;1-2,4H,3,11H2;2-4,7H,1H3;1H;;2*1H2/q;;;;;;;+1;;/p-1. The summed E-state index contributed by atoms with van der Waals surface area (Å²) in [7, 11) is 2.74. The van der Waals surface area contributed by atoms with Crippen LogP contribution in [0, 0.1) is 11.6 Å². The van der Waals surface area contributed by atoms with Gasteiger partial charge in [-0.25, -0.2) is 53.1 Å². The number of nitrogens with one attached hydrogen (secondary N) is 2. The van der Waals surface area contributed by atoms with E-state index in [0.29, 0.717) is 70.6 Å². The molecule has 4 fully saturated rings. The minimum Gasteiger partial charge on any atom is -0.870 e. The molecule has 0 atom stereocenters. The number of fused-ring (bicyclic) bond motifs is 6. The molecule has 4 aliphatic carbocycles. The van der Waals surface area contributed by atoms with Crippen molar-refractivity contribution in [1.82, 2.24) is 80.3 Å². The van der Waals surface area contributed by atoms with Gasteiger partial charge in [0.2, 0.25) is 0 Å². The van der Waals surface area contributed by atoms with Gasteiger partial charge >= 0.3 is 36.8 Å². The number of nitrogens with zero attached hydrogens (tertiary/aromatic N) is 15. The number of alkyl halides is 1. The minimum atomic E-state index is -0.905. The van der Waals surface area contributed by atoms with Gasteiger partial charge in [0.15, 0.2) is 11.6 Å². The van der Waals surface area contributed by atoms with E-state index in [0.717, 1.165) is 63.1 Å². The number of carbonyl (C=O) groups excluding carboxylic acids is 3. The summed E-state index contributed by atoms with van der Waals surface area (Å²) >= 11 is 17.2. The molecule has 4 aliphatic rings. The molecule has 0 unspecified atom stereocenters. The number of methoxy groups -OCH3 is 2. The summed E-state index contributed by atoms with van der Waals surface area (Å²) in [5, 5.41) is 11.8. The average Bonchev–Trinajstić information content (AvgIpc) is 1.66. The summed E-state index contributed by atoms with van der Waals surface area (Å²) < 4.78 is 54.1. The van der Waals surface area contributed by atoms with Gasteiger partial charge in [-0.2, -0.15) is 0 Å². The number of H-pyrrole nitrogens is 1. The average molecular weight is 1650 g/mol. The second-order valence-electron chi connectivity index (χ2n) is 27.9. The summed E-state index contributed by atoms with van der Waals surface area (Å²) in [5.74, 6) is 0.621. The second-order valence-corrected chi connectivity index (χ2v) is 29.0. The van der Waals surface area contributed by atoms with Gasteiger partial charge in [-0.15, -0.1) is 24.0 Å². The first-order chi connectivity index (χ1) is 54.4. The number of pyridine rings is 6. The van der Waals surface area contributed by atoms with Crippen molar-refractivity contribution in [2.24, 2.45) is 5.73 Å². The Morgan fingerprint density at radius 1 is 0.500 bits per heavy atom. The fourth-order valence-electron chi connectivity index (χ4n) is 13.1. The van der Waals surface area contributed by atoms with E-state index in [1.807, 2.05) is 44.7 Å². The van der Waals surface area contributed by atoms with Crippen molar-refractivity contribution >= 4 is 105 Å². The van der Waals surface area contributed by atoms with Crippen LogP contribution >= 0.6 is 47.2 Å². The molecular weight excluding hydrogens is 1570 g/mol. The number of halogens is 6. The van der Waals surface area contributed by atoms with Crippen LogP contribution in [0.2, 0.25) is 10.0 Å². The molecule has 34 heteroatoms. The number of aromatic amines is 1. The molecule has 116 heavy (non-hydrogen) atoms. The number of carbonyl (C=O) groups is 4. The summed E-state index contributed by atoms with van der Waals surface area (Å²) in [4.78, 5) is 74.8. The number of carboxylic acids is 1. The van der Waals surface area contributed by atoms with E-state index in [2.05, 4.69) is 142 Å². The minimum absolute atomic E-state index is 0. The van der Waals surface area contributed by atoms with Crippen LogP contribution in [0.1, 0.15) is 173 Å². The fourth-order valence-corrected chi connectivity index (χ4v) is 13.6. The van der Waals surface area contributed by atoms with Gasteiger partial charge in [0, 0.05) is 118 Å². The molecule has 16 heterocycles. The largest absolute Gasteiger partial charge is 1.00 e. The number of carboxylic acid groups (broad SMARTS) is 1. The Morgan fingerprint density at radius 2 is 0.871 bits per heavy atom. The second kappa shape index (κ2) is 37.9. The van der Waals surface area contributed by atoms with Gasteiger partial charge in [0.05, 0.1) is 125 Å². The molecule has 0 spiro atoms. The van der Waals surface area contributed by atoms with E-state index in [1.54, 1.807) is 82.6 Å². The Kier molecular flexibility index (Phi) is 28.0. The van der Waals surface area contributed by atoms with Gasteiger partial charge in [0.1, 0.15) is 33.6 Å². The normalized spacial score (nSPS) is 13.2. The Balaban J connectivity index is 0.000000142. The van der Waals surface area contributed by atoms with Gasteiger partial charge in [-0.05, 0) is 158 Å². The maximum Gasteiger partial charge on any atom is 1.00 e. The molecule has 0 aliphatic heterocycles. The van der Waals surface area contributed by atoms with E-state index in [-0.39, 0.29) is 88.7 Å². The van der Waals surface area contributed by atoms with Crippen LogP contribution in [0.3, 0.4) is 0 Å². The van der Waals surface area contributed by atoms with Gasteiger partial charge in [0.25, 0.3) is 5.91 Å². The summed E-state index contributed by atoms with van der Waals surface area (Å²) in [6, 6.07) is 26.6. The summed E-state index contributed by atoms with van der Waals surface area (Å²) in [5.41, 5.74) is 22.0. The summed E-state index contributed by atoms with van der Waals surface area (Å²) in [6.45, 7) is 2.07. The maximum absolute atomic E-state index is 14.4. The van der Waals surface area contributed by atoms with Crippen LogP contribution in [0.4, 0.5) is 8.78 Å². The molecule has 20 rings (SSSR count). The Hall–Kier alpha value is -11.4. The molecule has 1 amide bonds. The van der Waals surface area contributed by atoms with Crippen LogP contribution in [0.5, 0.6) is 0 Å². The third-order valence-electron chi connectivity index (χ3n) is 19.6. The molecule has 16 aromatic rings. The van der Waals surface area contributed by atoms with Crippen LogP contribution in [0.15, 0.2) is 209 Å². The van der Waals surface area contributed by atoms with Crippen LogP contribution < -0.4 is 29.9 Å². The SMILES string of the molecule is COC(=O)c1cc[nH]c1.COC(=O)c1ccn(Cc2cn3cc(C4CC4)ccc3n2)c1.Cl.ClCc1cn2cc(C3CC3)ccc2n1.NCc1ncn2ccc(Cl)c(F)c12.O.O=C(NCc1ncn2ccc(Cl)c(F)c12)c1ccn(Cc2cn3cc(C4CC4)ccc3n2)c1.O=C(O)c1ccn(Cc2cn3cc(C4CC4)ccc3n2)c1.[Li+].[OH-]. The van der Waals surface area contributed by atoms with Gasteiger partial charge in [-0.3, -0.25) is 4.79 Å². The number of imidazole rings is 6. The fraction of sp³-hybridized carbons (Fsp3) is 0.244. The topological polar surface area (TPSA) is 341 Å². The number of esters is 2. The zero-order valence-corrected chi connectivity index (χ0v) is 66.4. The number of amides is 1.